The zero-order valence-corrected chi connectivity index (χ0v) is 8.47. The molecule has 0 radical (unpaired) electrons. The fraction of sp³-hybridized carbons (Fsp3) is 0.400. The van der Waals surface area contributed by atoms with Crippen LogP contribution in [0.2, 0.25) is 5.28 Å². The van der Waals surface area contributed by atoms with E-state index in [9.17, 15) is 12.8 Å². The third-order valence-corrected chi connectivity index (χ3v) is 3.43. The normalized spacial score (nSPS) is 12.4. The predicted molar refractivity (Wildman–Crippen MR) is 45.2 cm³/mol. The average Bonchev–Trinajstić information content (AvgIpc) is 2.30. The molecule has 1 heterocycles. The summed E-state index contributed by atoms with van der Waals surface area (Å²) in [6.07, 6.45) is 0.739. The maximum Gasteiger partial charge on any atom is 0.311 e. The van der Waals surface area contributed by atoms with Crippen LogP contribution in [0.25, 0.3) is 0 Å². The van der Waals surface area contributed by atoms with Crippen LogP contribution in [-0.4, -0.2) is 35.8 Å². The van der Waals surface area contributed by atoms with Crippen molar-refractivity contribution >= 4 is 21.8 Å². The highest BCUT2D eigenvalue weighted by Gasteiger charge is 2.23. The third kappa shape index (κ3) is 1.67. The van der Waals surface area contributed by atoms with Gasteiger partial charge in [-0.3, -0.25) is 0 Å². The second-order valence-electron chi connectivity index (χ2n) is 2.40. The standard InChI is InChI=1S/C5H7ClFN3O2S/c1-9(2)13(11,12)10-4(7)3-8-5(10)6/h3H,1-2H3. The Morgan fingerprint density at radius 3 is 2.46 bits per heavy atom. The van der Waals surface area contributed by atoms with Gasteiger partial charge in [0.25, 0.3) is 0 Å². The van der Waals surface area contributed by atoms with Crippen LogP contribution in [0.3, 0.4) is 0 Å². The maximum absolute atomic E-state index is 12.9. The highest BCUT2D eigenvalue weighted by Crippen LogP contribution is 2.14. The Morgan fingerprint density at radius 2 is 2.15 bits per heavy atom. The van der Waals surface area contributed by atoms with Crippen molar-refractivity contribution in [2.45, 2.75) is 0 Å². The van der Waals surface area contributed by atoms with Crippen molar-refractivity contribution < 1.29 is 12.8 Å². The molecule has 0 N–H and O–H groups in total. The summed E-state index contributed by atoms with van der Waals surface area (Å²) in [5, 5.41) is -0.425. The SMILES string of the molecule is CN(C)S(=O)(=O)n1c(F)cnc1Cl. The molecule has 0 unspecified atom stereocenters. The van der Waals surface area contributed by atoms with Crippen molar-refractivity contribution in [1.29, 1.82) is 0 Å². The van der Waals surface area contributed by atoms with Gasteiger partial charge in [-0.1, -0.05) is 0 Å². The molecular weight excluding hydrogens is 221 g/mol. The molecule has 8 heteroatoms. The molecule has 13 heavy (non-hydrogen) atoms. The summed E-state index contributed by atoms with van der Waals surface area (Å²) in [5.74, 6) is -1.02. The Kier molecular flexibility index (Phi) is 2.60. The first-order valence-corrected chi connectivity index (χ1v) is 4.96. The first-order chi connectivity index (χ1) is 5.87. The van der Waals surface area contributed by atoms with Gasteiger partial charge in [0.15, 0.2) is 0 Å². The third-order valence-electron chi connectivity index (χ3n) is 1.33. The van der Waals surface area contributed by atoms with E-state index in [1.807, 2.05) is 0 Å². The van der Waals surface area contributed by atoms with Gasteiger partial charge in [-0.05, 0) is 11.6 Å². The van der Waals surface area contributed by atoms with Crippen molar-refractivity contribution in [3.05, 3.63) is 17.4 Å². The van der Waals surface area contributed by atoms with Crippen LogP contribution in [0.5, 0.6) is 0 Å². The lowest BCUT2D eigenvalue weighted by Crippen LogP contribution is -2.29. The number of imidazole rings is 1. The number of rotatable bonds is 2. The molecule has 1 rings (SSSR count). The van der Waals surface area contributed by atoms with Gasteiger partial charge in [-0.2, -0.15) is 21.1 Å². The molecular formula is C5H7ClFN3O2S. The monoisotopic (exact) mass is 227 g/mol. The fourth-order valence-electron chi connectivity index (χ4n) is 0.668. The molecule has 0 saturated carbocycles. The molecule has 0 aliphatic carbocycles. The summed E-state index contributed by atoms with van der Waals surface area (Å²) < 4.78 is 36.7. The van der Waals surface area contributed by atoms with E-state index in [0.717, 1.165) is 10.5 Å². The highest BCUT2D eigenvalue weighted by atomic mass is 35.5. The summed E-state index contributed by atoms with van der Waals surface area (Å²) in [7, 11) is -1.38. The van der Waals surface area contributed by atoms with Crippen molar-refractivity contribution in [3.63, 3.8) is 0 Å². The Balaban J connectivity index is 3.38. The van der Waals surface area contributed by atoms with Crippen LogP contribution in [0.4, 0.5) is 4.39 Å². The van der Waals surface area contributed by atoms with Crippen LogP contribution in [0, 0.1) is 5.95 Å². The molecule has 0 aliphatic heterocycles. The van der Waals surface area contributed by atoms with E-state index in [0.29, 0.717) is 3.97 Å². The lowest BCUT2D eigenvalue weighted by Gasteiger charge is -2.12. The Labute approximate surface area is 79.9 Å². The summed E-state index contributed by atoms with van der Waals surface area (Å²) >= 11 is 5.38. The van der Waals surface area contributed by atoms with Crippen molar-refractivity contribution in [3.8, 4) is 0 Å². The summed E-state index contributed by atoms with van der Waals surface area (Å²) in [4.78, 5) is 3.31. The van der Waals surface area contributed by atoms with E-state index in [4.69, 9.17) is 11.6 Å². The number of nitrogens with zero attached hydrogens (tertiary/aromatic N) is 3. The molecule has 74 valence electrons. The first kappa shape index (κ1) is 10.4. The van der Waals surface area contributed by atoms with E-state index in [-0.39, 0.29) is 0 Å². The predicted octanol–water partition coefficient (Wildman–Crippen LogP) is 0.330. The largest absolute Gasteiger partial charge is 0.311 e. The number of halogens is 2. The van der Waals surface area contributed by atoms with E-state index in [1.54, 1.807) is 0 Å². The van der Waals surface area contributed by atoms with Gasteiger partial charge in [0.05, 0.1) is 6.20 Å². The second-order valence-corrected chi connectivity index (χ2v) is 4.73. The molecule has 0 aliphatic rings. The van der Waals surface area contributed by atoms with Crippen LogP contribution < -0.4 is 0 Å². The minimum Gasteiger partial charge on any atom is -0.222 e. The number of hydrogen-bond donors (Lipinski definition) is 0. The summed E-state index contributed by atoms with van der Waals surface area (Å²) in [6.45, 7) is 0. The first-order valence-electron chi connectivity index (χ1n) is 3.19. The quantitative estimate of drug-likeness (QED) is 0.732. The molecule has 0 saturated heterocycles. The van der Waals surface area contributed by atoms with Gasteiger partial charge in [-0.15, -0.1) is 0 Å². The van der Waals surface area contributed by atoms with Gasteiger partial charge < -0.3 is 0 Å². The van der Waals surface area contributed by atoms with Crippen molar-refractivity contribution in [2.24, 2.45) is 0 Å². The zero-order chi connectivity index (χ0) is 10.2. The lowest BCUT2D eigenvalue weighted by atomic mass is 10.9. The van der Waals surface area contributed by atoms with E-state index >= 15 is 0 Å². The minimum atomic E-state index is -3.91. The zero-order valence-electron chi connectivity index (χ0n) is 6.90. The minimum absolute atomic E-state index is 0.314. The van der Waals surface area contributed by atoms with Gasteiger partial charge in [0.2, 0.25) is 11.2 Å². The molecule has 1 aromatic rings. The Morgan fingerprint density at radius 1 is 1.62 bits per heavy atom. The van der Waals surface area contributed by atoms with Crippen molar-refractivity contribution in [2.75, 3.05) is 14.1 Å². The average molecular weight is 228 g/mol. The Hall–Kier alpha value is -0.660. The topological polar surface area (TPSA) is 55.2 Å². The van der Waals surface area contributed by atoms with Crippen LogP contribution in [-0.2, 0) is 10.2 Å². The van der Waals surface area contributed by atoms with Crippen LogP contribution >= 0.6 is 11.6 Å². The maximum atomic E-state index is 12.9. The molecule has 5 nitrogen and oxygen atoms in total. The van der Waals surface area contributed by atoms with Crippen LogP contribution in [0.1, 0.15) is 0 Å². The van der Waals surface area contributed by atoms with E-state index in [1.165, 1.54) is 14.1 Å². The van der Waals surface area contributed by atoms with E-state index < -0.39 is 21.4 Å². The summed E-state index contributed by atoms with van der Waals surface area (Å²) in [6, 6.07) is 0. The Bertz CT molecular complexity index is 394. The van der Waals surface area contributed by atoms with Crippen LogP contribution in [0.15, 0.2) is 6.20 Å². The fourth-order valence-corrected chi connectivity index (χ4v) is 1.89. The number of aromatic nitrogens is 2. The molecule has 0 bridgehead atoms. The summed E-state index contributed by atoms with van der Waals surface area (Å²) in [5.41, 5.74) is 0. The lowest BCUT2D eigenvalue weighted by molar-refractivity contribution is 0.489. The van der Waals surface area contributed by atoms with Gasteiger partial charge in [0.1, 0.15) is 0 Å². The molecule has 0 amide bonds. The number of hydrogen-bond acceptors (Lipinski definition) is 3. The highest BCUT2D eigenvalue weighted by molar-refractivity contribution is 7.87. The molecule has 0 atom stereocenters. The van der Waals surface area contributed by atoms with Gasteiger partial charge in [-0.25, -0.2) is 4.98 Å². The molecule has 0 fully saturated rings. The molecule has 0 spiro atoms. The van der Waals surface area contributed by atoms with Crippen molar-refractivity contribution in [1.82, 2.24) is 13.3 Å². The second kappa shape index (κ2) is 3.24. The van der Waals surface area contributed by atoms with E-state index in [2.05, 4.69) is 4.98 Å². The molecule has 1 aromatic heterocycles. The smallest absolute Gasteiger partial charge is 0.222 e. The molecule has 0 aromatic carbocycles. The van der Waals surface area contributed by atoms with Gasteiger partial charge >= 0.3 is 10.2 Å². The van der Waals surface area contributed by atoms with Gasteiger partial charge in [0, 0.05) is 14.1 Å².